The zero-order chi connectivity index (χ0) is 28.3. The van der Waals surface area contributed by atoms with E-state index in [2.05, 4.69) is 9.88 Å². The predicted molar refractivity (Wildman–Crippen MR) is 135 cm³/mol. The SMILES string of the molecule is CCN(CC)C1CC(CN2C(=O)[C@](O)(c3c(F)cc(F)cc3F)c3c2cc(-c2ncco2)cc3C(F)(F)F)C1.Cl. The smallest absolute Gasteiger partial charge is 0.416 e. The highest BCUT2D eigenvalue weighted by molar-refractivity contribution is 6.10. The third-order valence-corrected chi connectivity index (χ3v) is 7.66. The molecule has 1 aromatic heterocycles. The molecule has 2 heterocycles. The average Bonchev–Trinajstić information content (AvgIpc) is 3.44. The first-order chi connectivity index (χ1) is 18.4. The van der Waals surface area contributed by atoms with Crippen LogP contribution in [-0.2, 0) is 16.6 Å². The normalized spacial score (nSPS) is 22.4. The van der Waals surface area contributed by atoms with Crippen LogP contribution in [0.3, 0.4) is 0 Å². The quantitative estimate of drug-likeness (QED) is 0.348. The number of anilines is 1. The van der Waals surface area contributed by atoms with Crippen LogP contribution in [-0.4, -0.2) is 46.6 Å². The van der Waals surface area contributed by atoms with E-state index in [1.54, 1.807) is 0 Å². The van der Waals surface area contributed by atoms with E-state index in [1.165, 1.54) is 12.3 Å². The monoisotopic (exact) mass is 589 g/mol. The van der Waals surface area contributed by atoms with Crippen LogP contribution < -0.4 is 4.90 Å². The zero-order valence-electron chi connectivity index (χ0n) is 21.4. The standard InChI is InChI=1S/C27H25F6N3O3.ClH/c1-3-35(4-2)17-7-14(8-17)13-36-21-10-15(24-34-5-6-39-24)9-18(27(31,32)33)22(21)26(38,25(36)37)23-19(29)11-16(28)12-20(23)30;/h5-6,9-12,14,17,38H,3-4,7-8,13H2,1-2H3;1H/t14?,17?,26-;/m1./s1. The lowest BCUT2D eigenvalue weighted by Crippen LogP contribution is -2.50. The maximum Gasteiger partial charge on any atom is 0.416 e. The van der Waals surface area contributed by atoms with Gasteiger partial charge in [-0.05, 0) is 44.0 Å². The van der Waals surface area contributed by atoms with Gasteiger partial charge < -0.3 is 19.3 Å². The van der Waals surface area contributed by atoms with Crippen molar-refractivity contribution < 1.29 is 40.7 Å². The zero-order valence-corrected chi connectivity index (χ0v) is 22.3. The number of aromatic nitrogens is 1. The maximum absolute atomic E-state index is 15.0. The molecular formula is C27H26ClF6N3O3. The molecule has 1 aliphatic heterocycles. The van der Waals surface area contributed by atoms with Crippen LogP contribution >= 0.6 is 12.4 Å². The van der Waals surface area contributed by atoms with Gasteiger partial charge in [-0.25, -0.2) is 18.2 Å². The molecule has 0 unspecified atom stereocenters. The molecule has 0 saturated heterocycles. The van der Waals surface area contributed by atoms with Crippen molar-refractivity contribution in [3.05, 3.63) is 70.9 Å². The van der Waals surface area contributed by atoms with E-state index in [0.717, 1.165) is 24.3 Å². The molecule has 2 aliphatic rings. The van der Waals surface area contributed by atoms with Crippen LogP contribution in [0.1, 0.15) is 43.4 Å². The fourth-order valence-corrected chi connectivity index (χ4v) is 5.79. The topological polar surface area (TPSA) is 69.8 Å². The summed E-state index contributed by atoms with van der Waals surface area (Å²) >= 11 is 0. The number of amides is 1. The van der Waals surface area contributed by atoms with Gasteiger partial charge in [-0.2, -0.15) is 13.2 Å². The molecule has 13 heteroatoms. The number of hydrogen-bond acceptors (Lipinski definition) is 5. The Morgan fingerprint density at radius 1 is 1.07 bits per heavy atom. The van der Waals surface area contributed by atoms with Gasteiger partial charge in [-0.15, -0.1) is 12.4 Å². The molecule has 6 nitrogen and oxygen atoms in total. The van der Waals surface area contributed by atoms with Crippen molar-refractivity contribution in [2.75, 3.05) is 24.5 Å². The van der Waals surface area contributed by atoms with Crippen molar-refractivity contribution in [2.45, 2.75) is 44.5 Å². The predicted octanol–water partition coefficient (Wildman–Crippen LogP) is 5.90. The third-order valence-electron chi connectivity index (χ3n) is 7.66. The van der Waals surface area contributed by atoms with Gasteiger partial charge in [0, 0.05) is 35.8 Å². The summed E-state index contributed by atoms with van der Waals surface area (Å²) in [5.74, 6) is -6.42. The fraction of sp³-hybridized carbons (Fsp3) is 0.407. The van der Waals surface area contributed by atoms with Crippen LogP contribution in [0.25, 0.3) is 11.5 Å². The molecule has 1 amide bonds. The average molecular weight is 590 g/mol. The number of aliphatic hydroxyl groups is 1. The Morgan fingerprint density at radius 2 is 1.70 bits per heavy atom. The van der Waals surface area contributed by atoms with Crippen molar-refractivity contribution >= 4 is 24.0 Å². The lowest BCUT2D eigenvalue weighted by molar-refractivity contribution is -0.142. The van der Waals surface area contributed by atoms with E-state index in [0.29, 0.717) is 18.9 Å². The molecule has 1 N–H and O–H groups in total. The Labute approximate surface area is 232 Å². The highest BCUT2D eigenvalue weighted by Crippen LogP contribution is 2.53. The Morgan fingerprint density at radius 3 is 2.23 bits per heavy atom. The van der Waals surface area contributed by atoms with Gasteiger partial charge in [-0.3, -0.25) is 4.79 Å². The van der Waals surface area contributed by atoms with Crippen molar-refractivity contribution in [1.29, 1.82) is 0 Å². The molecule has 1 atom stereocenters. The summed E-state index contributed by atoms with van der Waals surface area (Å²) in [5, 5.41) is 11.7. The summed E-state index contributed by atoms with van der Waals surface area (Å²) in [6.45, 7) is 5.52. The summed E-state index contributed by atoms with van der Waals surface area (Å²) in [6, 6.07) is 2.41. The maximum atomic E-state index is 15.0. The van der Waals surface area contributed by atoms with Gasteiger partial charge in [0.1, 0.15) is 23.7 Å². The second-order valence-corrected chi connectivity index (χ2v) is 9.84. The van der Waals surface area contributed by atoms with Gasteiger partial charge in [0.25, 0.3) is 5.91 Å². The van der Waals surface area contributed by atoms with Crippen molar-refractivity contribution in [1.82, 2.24) is 9.88 Å². The first kappa shape index (κ1) is 29.9. The van der Waals surface area contributed by atoms with E-state index in [-0.39, 0.29) is 60.2 Å². The summed E-state index contributed by atoms with van der Waals surface area (Å²) in [6.07, 6.45) is -1.50. The van der Waals surface area contributed by atoms with Crippen LogP contribution in [0, 0.1) is 23.4 Å². The van der Waals surface area contributed by atoms with E-state index in [1.807, 2.05) is 13.8 Å². The minimum absolute atomic E-state index is 0. The second-order valence-electron chi connectivity index (χ2n) is 9.84. The van der Waals surface area contributed by atoms with Gasteiger partial charge in [0.05, 0.1) is 23.0 Å². The minimum Gasteiger partial charge on any atom is -0.445 e. The number of nitrogens with zero attached hydrogens (tertiary/aromatic N) is 3. The molecular weight excluding hydrogens is 564 g/mol. The number of fused-ring (bicyclic) bond motifs is 1. The minimum atomic E-state index is -5.16. The lowest BCUT2D eigenvalue weighted by Gasteiger charge is -2.43. The second kappa shape index (κ2) is 10.7. The number of halogens is 7. The Bertz CT molecular complexity index is 1380. The molecule has 1 aliphatic carbocycles. The number of oxazole rings is 1. The van der Waals surface area contributed by atoms with Crippen molar-refractivity contribution in [3.63, 3.8) is 0 Å². The molecule has 0 radical (unpaired) electrons. The van der Waals surface area contributed by atoms with E-state index in [9.17, 15) is 36.2 Å². The van der Waals surface area contributed by atoms with Crippen molar-refractivity contribution in [2.24, 2.45) is 5.92 Å². The van der Waals surface area contributed by atoms with E-state index < -0.39 is 51.8 Å². The summed E-state index contributed by atoms with van der Waals surface area (Å²) < 4.78 is 92.2. The fourth-order valence-electron chi connectivity index (χ4n) is 5.79. The van der Waals surface area contributed by atoms with Gasteiger partial charge in [0.2, 0.25) is 11.5 Å². The molecule has 0 bridgehead atoms. The molecule has 5 rings (SSSR count). The highest BCUT2D eigenvalue weighted by atomic mass is 35.5. The first-order valence-electron chi connectivity index (χ1n) is 12.5. The number of rotatable bonds is 7. The molecule has 40 heavy (non-hydrogen) atoms. The highest BCUT2D eigenvalue weighted by Gasteiger charge is 2.58. The van der Waals surface area contributed by atoms with Crippen molar-refractivity contribution in [3.8, 4) is 11.5 Å². The van der Waals surface area contributed by atoms with Crippen LogP contribution in [0.4, 0.5) is 32.0 Å². The number of alkyl halides is 3. The van der Waals surface area contributed by atoms with Gasteiger partial charge in [-0.1, -0.05) is 13.8 Å². The molecule has 2 aromatic carbocycles. The van der Waals surface area contributed by atoms with Gasteiger partial charge in [0.15, 0.2) is 0 Å². The van der Waals surface area contributed by atoms with E-state index in [4.69, 9.17) is 4.42 Å². The number of benzene rings is 2. The van der Waals surface area contributed by atoms with Crippen LogP contribution in [0.15, 0.2) is 41.1 Å². The number of hydrogen-bond donors (Lipinski definition) is 1. The molecule has 1 fully saturated rings. The largest absolute Gasteiger partial charge is 0.445 e. The van der Waals surface area contributed by atoms with Gasteiger partial charge >= 0.3 is 6.18 Å². The Balaban J connectivity index is 0.00000370. The molecule has 0 spiro atoms. The summed E-state index contributed by atoms with van der Waals surface area (Å²) in [5.41, 5.74) is -7.83. The molecule has 1 saturated carbocycles. The Kier molecular flexibility index (Phi) is 8.00. The molecule has 216 valence electrons. The summed E-state index contributed by atoms with van der Waals surface area (Å²) in [4.78, 5) is 20.8. The Hall–Kier alpha value is -3.09. The number of carbonyl (C=O) groups is 1. The lowest BCUT2D eigenvalue weighted by atomic mass is 9.78. The van der Waals surface area contributed by atoms with Crippen LogP contribution in [0.5, 0.6) is 0 Å². The summed E-state index contributed by atoms with van der Waals surface area (Å²) in [7, 11) is 0. The van der Waals surface area contributed by atoms with Crippen LogP contribution in [0.2, 0.25) is 0 Å². The third kappa shape index (κ3) is 4.75. The van der Waals surface area contributed by atoms with E-state index >= 15 is 0 Å². The molecule has 3 aromatic rings. The number of carbonyl (C=O) groups excluding carboxylic acids is 1. The first-order valence-corrected chi connectivity index (χ1v) is 12.5.